The zero-order valence-electron chi connectivity index (χ0n) is 20.1. The number of fused-ring (bicyclic) bond motifs is 1. The van der Waals surface area contributed by atoms with E-state index in [-0.39, 0.29) is 16.6 Å². The molecule has 9 heteroatoms. The van der Waals surface area contributed by atoms with Gasteiger partial charge in [0.2, 0.25) is 5.91 Å². The lowest BCUT2D eigenvalue weighted by Crippen LogP contribution is -2.61. The SMILES string of the molecule is CS(=O)(=O)c1ccc(-c2ccc3cc(C(=N)NC4(C(=O)NC5(C#N)CC5)CCCCC4)oc3c2)cc1. The predicted molar refractivity (Wildman–Crippen MR) is 136 cm³/mol. The fourth-order valence-electron chi connectivity index (χ4n) is 4.82. The van der Waals surface area contributed by atoms with Crippen LogP contribution in [-0.4, -0.2) is 37.5 Å². The number of carbonyl (C=O) groups excluding carboxylic acids is 1. The van der Waals surface area contributed by atoms with Gasteiger partial charge in [0.25, 0.3) is 0 Å². The molecule has 0 aliphatic heterocycles. The summed E-state index contributed by atoms with van der Waals surface area (Å²) in [5.74, 6) is 0.139. The maximum atomic E-state index is 13.3. The number of amides is 1. The second kappa shape index (κ2) is 8.79. The minimum Gasteiger partial charge on any atom is -0.453 e. The topological polar surface area (TPSA) is 136 Å². The number of nitrogens with zero attached hydrogens (tertiary/aromatic N) is 1. The van der Waals surface area contributed by atoms with Crippen molar-refractivity contribution < 1.29 is 17.6 Å². The molecule has 5 rings (SSSR count). The molecule has 1 amide bonds. The summed E-state index contributed by atoms with van der Waals surface area (Å²) in [5.41, 5.74) is 0.593. The van der Waals surface area contributed by atoms with E-state index in [4.69, 9.17) is 9.83 Å². The molecular weight excluding hydrogens is 476 g/mol. The van der Waals surface area contributed by atoms with Crippen molar-refractivity contribution in [2.24, 2.45) is 0 Å². The third kappa shape index (κ3) is 4.61. The highest BCUT2D eigenvalue weighted by atomic mass is 32.2. The predicted octanol–water partition coefficient (Wildman–Crippen LogP) is 4.29. The number of sulfone groups is 1. The van der Waals surface area contributed by atoms with Gasteiger partial charge in [-0.15, -0.1) is 0 Å². The summed E-state index contributed by atoms with van der Waals surface area (Å²) in [4.78, 5) is 13.5. The number of carbonyl (C=O) groups is 1. The lowest BCUT2D eigenvalue weighted by molar-refractivity contribution is -0.129. The zero-order chi connectivity index (χ0) is 25.6. The molecule has 1 aromatic heterocycles. The summed E-state index contributed by atoms with van der Waals surface area (Å²) < 4.78 is 29.5. The molecular formula is C27H28N4O4S. The number of hydrogen-bond acceptors (Lipinski definition) is 6. The maximum absolute atomic E-state index is 13.3. The number of nitriles is 1. The summed E-state index contributed by atoms with van der Waals surface area (Å²) in [5, 5.41) is 25.0. The lowest BCUT2D eigenvalue weighted by Gasteiger charge is -2.37. The number of rotatable bonds is 6. The van der Waals surface area contributed by atoms with Gasteiger partial charge >= 0.3 is 0 Å². The minimum atomic E-state index is -3.27. The van der Waals surface area contributed by atoms with Gasteiger partial charge in [0.1, 0.15) is 16.7 Å². The molecule has 0 atom stereocenters. The van der Waals surface area contributed by atoms with E-state index in [0.717, 1.165) is 35.8 Å². The van der Waals surface area contributed by atoms with Gasteiger partial charge < -0.3 is 15.1 Å². The van der Waals surface area contributed by atoms with Crippen molar-refractivity contribution >= 4 is 32.5 Å². The minimum absolute atomic E-state index is 0.0316. The molecule has 0 radical (unpaired) electrons. The van der Waals surface area contributed by atoms with Crippen molar-refractivity contribution in [3.05, 3.63) is 54.3 Å². The second-order valence-electron chi connectivity index (χ2n) is 9.95. The summed E-state index contributed by atoms with van der Waals surface area (Å²) in [6.45, 7) is 0. The van der Waals surface area contributed by atoms with Crippen LogP contribution in [0.5, 0.6) is 0 Å². The van der Waals surface area contributed by atoms with E-state index in [9.17, 15) is 18.5 Å². The molecule has 0 spiro atoms. The standard InChI is InChI=1S/C27H28N4O4S/c1-36(33,34)21-9-7-18(8-10-21)19-5-6-20-16-23(35-22(20)15-19)24(29)30-27(11-3-2-4-12-27)25(32)31-26(17-28)13-14-26/h5-10,15-16H,2-4,11-14H2,1H3,(H2,29,30)(H,31,32). The van der Waals surface area contributed by atoms with Crippen LogP contribution in [0.15, 0.2) is 57.8 Å². The molecule has 186 valence electrons. The quantitative estimate of drug-likeness (QED) is 0.338. The van der Waals surface area contributed by atoms with E-state index in [1.165, 1.54) is 6.26 Å². The van der Waals surface area contributed by atoms with Crippen molar-refractivity contribution in [2.75, 3.05) is 6.26 Å². The van der Waals surface area contributed by atoms with Crippen LogP contribution in [0.2, 0.25) is 0 Å². The van der Waals surface area contributed by atoms with Crippen molar-refractivity contribution in [1.29, 1.82) is 10.7 Å². The Morgan fingerprint density at radius 3 is 2.25 bits per heavy atom. The van der Waals surface area contributed by atoms with Crippen LogP contribution < -0.4 is 10.6 Å². The molecule has 0 unspecified atom stereocenters. The van der Waals surface area contributed by atoms with Crippen LogP contribution in [-0.2, 0) is 14.6 Å². The van der Waals surface area contributed by atoms with Gasteiger partial charge in [-0.2, -0.15) is 5.26 Å². The molecule has 0 saturated heterocycles. The second-order valence-corrected chi connectivity index (χ2v) is 12.0. The normalized spacial score (nSPS) is 18.2. The molecule has 1 heterocycles. The molecule has 2 aromatic carbocycles. The van der Waals surface area contributed by atoms with E-state index in [1.807, 2.05) is 18.2 Å². The van der Waals surface area contributed by atoms with Crippen LogP contribution >= 0.6 is 0 Å². The van der Waals surface area contributed by atoms with Gasteiger partial charge in [0.05, 0.1) is 11.0 Å². The Kier molecular flexibility index (Phi) is 5.87. The van der Waals surface area contributed by atoms with E-state index in [0.29, 0.717) is 37.0 Å². The Hall–Kier alpha value is -3.64. The first-order chi connectivity index (χ1) is 17.1. The Bertz CT molecular complexity index is 1490. The van der Waals surface area contributed by atoms with Crippen LogP contribution in [0, 0.1) is 16.7 Å². The highest BCUT2D eigenvalue weighted by Gasteiger charge is 2.49. The van der Waals surface area contributed by atoms with Crippen molar-refractivity contribution in [3.63, 3.8) is 0 Å². The van der Waals surface area contributed by atoms with Crippen LogP contribution in [0.25, 0.3) is 22.1 Å². The number of amidine groups is 1. The third-order valence-electron chi connectivity index (χ3n) is 7.21. The van der Waals surface area contributed by atoms with Crippen molar-refractivity contribution in [3.8, 4) is 17.2 Å². The van der Waals surface area contributed by atoms with Crippen LogP contribution in [0.4, 0.5) is 0 Å². The van der Waals surface area contributed by atoms with Gasteiger partial charge in [-0.3, -0.25) is 10.2 Å². The van der Waals surface area contributed by atoms with Crippen LogP contribution in [0.1, 0.15) is 50.7 Å². The summed E-state index contributed by atoms with van der Waals surface area (Å²) >= 11 is 0. The number of benzene rings is 2. The molecule has 2 aliphatic rings. The monoisotopic (exact) mass is 504 g/mol. The maximum Gasteiger partial charge on any atom is 0.246 e. The lowest BCUT2D eigenvalue weighted by atomic mass is 9.80. The fraction of sp³-hybridized carbons (Fsp3) is 0.370. The Morgan fingerprint density at radius 2 is 1.64 bits per heavy atom. The van der Waals surface area contributed by atoms with Gasteiger partial charge in [-0.1, -0.05) is 43.5 Å². The van der Waals surface area contributed by atoms with Gasteiger partial charge in [-0.25, -0.2) is 8.42 Å². The van der Waals surface area contributed by atoms with Gasteiger partial charge in [0.15, 0.2) is 21.4 Å². The molecule has 3 N–H and O–H groups in total. The molecule has 3 aromatic rings. The van der Waals surface area contributed by atoms with E-state index in [1.54, 1.807) is 30.3 Å². The van der Waals surface area contributed by atoms with E-state index < -0.39 is 20.9 Å². The fourth-order valence-corrected chi connectivity index (χ4v) is 5.45. The number of hydrogen-bond donors (Lipinski definition) is 3. The van der Waals surface area contributed by atoms with Crippen LogP contribution in [0.3, 0.4) is 0 Å². The molecule has 2 fully saturated rings. The molecule has 2 aliphatic carbocycles. The number of furan rings is 1. The van der Waals surface area contributed by atoms with Crippen molar-refractivity contribution in [1.82, 2.24) is 10.6 Å². The first-order valence-corrected chi connectivity index (χ1v) is 14.0. The molecule has 0 bridgehead atoms. The summed E-state index contributed by atoms with van der Waals surface area (Å²) in [6, 6.07) is 16.3. The number of nitrogens with one attached hydrogen (secondary N) is 3. The highest BCUT2D eigenvalue weighted by molar-refractivity contribution is 7.90. The average Bonchev–Trinajstić information content (AvgIpc) is 3.51. The van der Waals surface area contributed by atoms with E-state index in [2.05, 4.69) is 16.7 Å². The first-order valence-electron chi connectivity index (χ1n) is 12.1. The molecule has 8 nitrogen and oxygen atoms in total. The summed E-state index contributed by atoms with van der Waals surface area (Å²) in [6.07, 6.45) is 6.45. The Balaban J connectivity index is 1.38. The van der Waals surface area contributed by atoms with Gasteiger partial charge in [-0.05, 0) is 61.1 Å². The third-order valence-corrected chi connectivity index (χ3v) is 8.33. The smallest absolute Gasteiger partial charge is 0.246 e. The summed E-state index contributed by atoms with van der Waals surface area (Å²) in [7, 11) is -3.27. The van der Waals surface area contributed by atoms with Crippen molar-refractivity contribution in [2.45, 2.75) is 60.9 Å². The largest absolute Gasteiger partial charge is 0.453 e. The Morgan fingerprint density at radius 1 is 0.972 bits per heavy atom. The zero-order valence-corrected chi connectivity index (χ0v) is 20.9. The molecule has 2 saturated carbocycles. The van der Waals surface area contributed by atoms with Gasteiger partial charge in [0, 0.05) is 11.6 Å². The first kappa shape index (κ1) is 24.1. The molecule has 36 heavy (non-hydrogen) atoms. The highest BCUT2D eigenvalue weighted by Crippen LogP contribution is 2.37. The van der Waals surface area contributed by atoms with E-state index >= 15 is 0 Å². The Labute approximate surface area is 210 Å². The average molecular weight is 505 g/mol.